The van der Waals surface area contributed by atoms with Gasteiger partial charge in [-0.2, -0.15) is 0 Å². The van der Waals surface area contributed by atoms with E-state index >= 15 is 0 Å². The summed E-state index contributed by atoms with van der Waals surface area (Å²) in [6.45, 7) is 5.11. The van der Waals surface area contributed by atoms with Gasteiger partial charge < -0.3 is 10.6 Å². The standard InChI is InChI=1S/C14H21N3O/c1-10(2)7-12-9-17(14(18)16-12)13-6-4-5-11(8-13)15-3/h4-6,8,10,12,15H,7,9H2,1-3H3,(H,16,18). The highest BCUT2D eigenvalue weighted by atomic mass is 16.2. The first-order valence-electron chi connectivity index (χ1n) is 6.46. The van der Waals surface area contributed by atoms with Gasteiger partial charge in [0, 0.05) is 31.0 Å². The molecule has 1 aromatic rings. The summed E-state index contributed by atoms with van der Waals surface area (Å²) in [7, 11) is 1.88. The van der Waals surface area contributed by atoms with Crippen LogP contribution in [-0.4, -0.2) is 25.7 Å². The molecule has 18 heavy (non-hydrogen) atoms. The van der Waals surface area contributed by atoms with Crippen molar-refractivity contribution in [2.75, 3.05) is 23.8 Å². The molecule has 2 rings (SSSR count). The van der Waals surface area contributed by atoms with Crippen molar-refractivity contribution in [3.8, 4) is 0 Å². The number of hydrogen-bond donors (Lipinski definition) is 2. The second-order valence-electron chi connectivity index (χ2n) is 5.19. The molecule has 1 aliphatic rings. The lowest BCUT2D eigenvalue weighted by Crippen LogP contribution is -2.29. The Kier molecular flexibility index (Phi) is 3.75. The van der Waals surface area contributed by atoms with E-state index in [2.05, 4.69) is 24.5 Å². The van der Waals surface area contributed by atoms with E-state index in [1.54, 1.807) is 0 Å². The Morgan fingerprint density at radius 2 is 2.28 bits per heavy atom. The van der Waals surface area contributed by atoms with E-state index in [1.807, 2.05) is 36.2 Å². The highest BCUT2D eigenvalue weighted by molar-refractivity contribution is 5.95. The molecule has 1 unspecified atom stereocenters. The predicted molar refractivity (Wildman–Crippen MR) is 75.1 cm³/mol. The summed E-state index contributed by atoms with van der Waals surface area (Å²) in [5.41, 5.74) is 1.97. The minimum absolute atomic E-state index is 0.00824. The molecule has 0 spiro atoms. The molecule has 0 saturated carbocycles. The minimum Gasteiger partial charge on any atom is -0.388 e. The highest BCUT2D eigenvalue weighted by Gasteiger charge is 2.29. The Morgan fingerprint density at radius 3 is 2.94 bits per heavy atom. The van der Waals surface area contributed by atoms with Crippen LogP contribution in [0.5, 0.6) is 0 Å². The van der Waals surface area contributed by atoms with E-state index in [0.29, 0.717) is 5.92 Å². The molecule has 2 N–H and O–H groups in total. The van der Waals surface area contributed by atoms with Gasteiger partial charge in [0.15, 0.2) is 0 Å². The fourth-order valence-corrected chi connectivity index (χ4v) is 2.36. The van der Waals surface area contributed by atoms with Crippen LogP contribution < -0.4 is 15.5 Å². The number of nitrogens with zero attached hydrogens (tertiary/aromatic N) is 1. The molecule has 1 aliphatic heterocycles. The molecule has 1 saturated heterocycles. The molecule has 0 aliphatic carbocycles. The maximum atomic E-state index is 12.0. The fourth-order valence-electron chi connectivity index (χ4n) is 2.36. The lowest BCUT2D eigenvalue weighted by Gasteiger charge is -2.16. The van der Waals surface area contributed by atoms with Gasteiger partial charge >= 0.3 is 6.03 Å². The monoisotopic (exact) mass is 247 g/mol. The van der Waals surface area contributed by atoms with Gasteiger partial charge in [-0.25, -0.2) is 4.79 Å². The van der Waals surface area contributed by atoms with Crippen molar-refractivity contribution in [3.05, 3.63) is 24.3 Å². The Hall–Kier alpha value is -1.71. The van der Waals surface area contributed by atoms with Gasteiger partial charge in [0.1, 0.15) is 0 Å². The summed E-state index contributed by atoms with van der Waals surface area (Å²) in [5, 5.41) is 6.13. The van der Waals surface area contributed by atoms with Gasteiger partial charge in [-0.1, -0.05) is 19.9 Å². The third kappa shape index (κ3) is 2.75. The third-order valence-corrected chi connectivity index (χ3v) is 3.18. The molecule has 1 fully saturated rings. The number of urea groups is 1. The van der Waals surface area contributed by atoms with E-state index in [9.17, 15) is 4.79 Å². The summed E-state index contributed by atoms with van der Waals surface area (Å²) < 4.78 is 0. The minimum atomic E-state index is 0.00824. The molecule has 1 heterocycles. The zero-order valence-corrected chi connectivity index (χ0v) is 11.2. The van der Waals surface area contributed by atoms with Crippen molar-refractivity contribution in [1.82, 2.24) is 5.32 Å². The largest absolute Gasteiger partial charge is 0.388 e. The summed E-state index contributed by atoms with van der Waals surface area (Å²) >= 11 is 0. The Bertz CT molecular complexity index is 431. The highest BCUT2D eigenvalue weighted by Crippen LogP contribution is 2.23. The number of benzene rings is 1. The number of carbonyl (C=O) groups is 1. The van der Waals surface area contributed by atoms with E-state index in [1.165, 1.54) is 0 Å². The van der Waals surface area contributed by atoms with Crippen LogP contribution in [0.2, 0.25) is 0 Å². The third-order valence-electron chi connectivity index (χ3n) is 3.18. The van der Waals surface area contributed by atoms with Crippen LogP contribution in [0.4, 0.5) is 16.2 Å². The van der Waals surface area contributed by atoms with Crippen LogP contribution in [0.25, 0.3) is 0 Å². The number of carbonyl (C=O) groups excluding carboxylic acids is 1. The van der Waals surface area contributed by atoms with Gasteiger partial charge in [-0.15, -0.1) is 0 Å². The van der Waals surface area contributed by atoms with Gasteiger partial charge in [-0.05, 0) is 30.5 Å². The molecule has 0 bridgehead atoms. The van der Waals surface area contributed by atoms with Crippen LogP contribution in [-0.2, 0) is 0 Å². The zero-order chi connectivity index (χ0) is 13.1. The number of nitrogens with one attached hydrogen (secondary N) is 2. The van der Waals surface area contributed by atoms with E-state index in [4.69, 9.17) is 0 Å². The number of amides is 2. The summed E-state index contributed by atoms with van der Waals surface area (Å²) in [4.78, 5) is 13.8. The first-order valence-corrected chi connectivity index (χ1v) is 6.46. The van der Waals surface area contributed by atoms with Crippen LogP contribution in [0, 0.1) is 5.92 Å². The van der Waals surface area contributed by atoms with Crippen LogP contribution in [0.1, 0.15) is 20.3 Å². The normalized spacial score (nSPS) is 19.2. The maximum absolute atomic E-state index is 12.0. The molecule has 2 amide bonds. The molecule has 1 atom stereocenters. The van der Waals surface area contributed by atoms with E-state index in [-0.39, 0.29) is 12.1 Å². The smallest absolute Gasteiger partial charge is 0.322 e. The quantitative estimate of drug-likeness (QED) is 0.859. The van der Waals surface area contributed by atoms with Crippen LogP contribution in [0.15, 0.2) is 24.3 Å². The number of rotatable bonds is 4. The molecule has 1 aromatic carbocycles. The van der Waals surface area contributed by atoms with Crippen molar-refractivity contribution in [3.63, 3.8) is 0 Å². The van der Waals surface area contributed by atoms with Crippen LogP contribution in [0.3, 0.4) is 0 Å². The van der Waals surface area contributed by atoms with Crippen molar-refractivity contribution >= 4 is 17.4 Å². The molecule has 0 radical (unpaired) electrons. The molecule has 4 nitrogen and oxygen atoms in total. The molecule has 0 aromatic heterocycles. The van der Waals surface area contributed by atoms with Crippen molar-refractivity contribution < 1.29 is 4.79 Å². The first kappa shape index (κ1) is 12.7. The van der Waals surface area contributed by atoms with Crippen molar-refractivity contribution in [2.45, 2.75) is 26.3 Å². The maximum Gasteiger partial charge on any atom is 0.322 e. The van der Waals surface area contributed by atoms with E-state index < -0.39 is 0 Å². The average molecular weight is 247 g/mol. The lowest BCUT2D eigenvalue weighted by molar-refractivity contribution is 0.250. The van der Waals surface area contributed by atoms with Crippen molar-refractivity contribution in [2.24, 2.45) is 5.92 Å². The lowest BCUT2D eigenvalue weighted by atomic mass is 10.0. The molecular formula is C14H21N3O. The zero-order valence-electron chi connectivity index (χ0n) is 11.2. The van der Waals surface area contributed by atoms with Gasteiger partial charge in [0.2, 0.25) is 0 Å². The Labute approximate surface area is 108 Å². The molecule has 4 heteroatoms. The predicted octanol–water partition coefficient (Wildman–Crippen LogP) is 2.67. The van der Waals surface area contributed by atoms with Gasteiger partial charge in [0.25, 0.3) is 0 Å². The number of anilines is 2. The van der Waals surface area contributed by atoms with Gasteiger partial charge in [0.05, 0.1) is 0 Å². The SMILES string of the molecule is CNc1cccc(N2CC(CC(C)C)NC2=O)c1. The first-order chi connectivity index (χ1) is 8.60. The number of hydrogen-bond acceptors (Lipinski definition) is 2. The molecule has 98 valence electrons. The van der Waals surface area contributed by atoms with E-state index in [0.717, 1.165) is 24.3 Å². The summed E-state index contributed by atoms with van der Waals surface area (Å²) in [6, 6.07) is 8.19. The average Bonchev–Trinajstić information content (AvgIpc) is 2.69. The topological polar surface area (TPSA) is 44.4 Å². The summed E-state index contributed by atoms with van der Waals surface area (Å²) in [6.07, 6.45) is 1.02. The van der Waals surface area contributed by atoms with Crippen molar-refractivity contribution in [1.29, 1.82) is 0 Å². The second kappa shape index (κ2) is 5.29. The Balaban J connectivity index is 2.11. The second-order valence-corrected chi connectivity index (χ2v) is 5.19. The molecular weight excluding hydrogens is 226 g/mol. The Morgan fingerprint density at radius 1 is 1.50 bits per heavy atom. The van der Waals surface area contributed by atoms with Gasteiger partial charge in [-0.3, -0.25) is 4.90 Å². The fraction of sp³-hybridized carbons (Fsp3) is 0.500. The summed E-state index contributed by atoms with van der Waals surface area (Å²) in [5.74, 6) is 0.596. The van der Waals surface area contributed by atoms with Crippen LogP contribution >= 0.6 is 0 Å².